The summed E-state index contributed by atoms with van der Waals surface area (Å²) in [5.41, 5.74) is 0.520. The first kappa shape index (κ1) is 12.5. The van der Waals surface area contributed by atoms with E-state index in [0.717, 1.165) is 6.26 Å². The molecule has 0 saturated carbocycles. The number of sulfone groups is 1. The summed E-state index contributed by atoms with van der Waals surface area (Å²) in [5, 5.41) is 10.1. The Labute approximate surface area is 113 Å². The molecule has 0 aliphatic heterocycles. The smallest absolute Gasteiger partial charge is 0.258 e. The van der Waals surface area contributed by atoms with Crippen LogP contribution in [-0.4, -0.2) is 40.0 Å². The third-order valence-corrected chi connectivity index (χ3v) is 3.67. The average molecular weight is 291 g/mol. The van der Waals surface area contributed by atoms with Crippen LogP contribution in [0.1, 0.15) is 0 Å². The van der Waals surface area contributed by atoms with Gasteiger partial charge in [0.2, 0.25) is 5.82 Å². The van der Waals surface area contributed by atoms with Crippen LogP contribution in [0.15, 0.2) is 40.0 Å². The van der Waals surface area contributed by atoms with Crippen molar-refractivity contribution < 1.29 is 12.9 Å². The van der Waals surface area contributed by atoms with Gasteiger partial charge < -0.3 is 4.52 Å². The predicted octanol–water partition coefficient (Wildman–Crippen LogP) is 0.925. The summed E-state index contributed by atoms with van der Waals surface area (Å²) in [5.74, 6) is 0.837. The monoisotopic (exact) mass is 291 g/mol. The Morgan fingerprint density at radius 1 is 1.30 bits per heavy atom. The second-order valence-electron chi connectivity index (χ2n) is 4.06. The van der Waals surface area contributed by atoms with Crippen molar-refractivity contribution >= 4 is 9.84 Å². The fraction of sp³-hybridized carbons (Fsp3) is 0.0909. The summed E-state index contributed by atoms with van der Waals surface area (Å²) in [7, 11) is -3.29. The molecule has 0 saturated heterocycles. The van der Waals surface area contributed by atoms with Crippen molar-refractivity contribution in [2.24, 2.45) is 0 Å². The normalized spacial score (nSPS) is 11.7. The van der Waals surface area contributed by atoms with E-state index < -0.39 is 9.84 Å². The number of hydrogen-bond donors (Lipinski definition) is 1. The highest BCUT2D eigenvalue weighted by molar-refractivity contribution is 7.90. The van der Waals surface area contributed by atoms with Crippen LogP contribution in [0.25, 0.3) is 23.1 Å². The van der Waals surface area contributed by atoms with Gasteiger partial charge >= 0.3 is 0 Å². The molecule has 0 unspecified atom stereocenters. The van der Waals surface area contributed by atoms with Crippen molar-refractivity contribution in [2.45, 2.75) is 4.90 Å². The van der Waals surface area contributed by atoms with Crippen molar-refractivity contribution in [1.29, 1.82) is 0 Å². The highest BCUT2D eigenvalue weighted by atomic mass is 32.2. The minimum atomic E-state index is -3.29. The molecule has 0 aliphatic rings. The maximum absolute atomic E-state index is 11.5. The molecule has 20 heavy (non-hydrogen) atoms. The molecule has 2 aromatic heterocycles. The van der Waals surface area contributed by atoms with Gasteiger partial charge in [-0.1, -0.05) is 11.2 Å². The predicted molar refractivity (Wildman–Crippen MR) is 68.2 cm³/mol. The van der Waals surface area contributed by atoms with Crippen molar-refractivity contribution in [1.82, 2.24) is 25.3 Å². The first-order valence-corrected chi connectivity index (χ1v) is 7.43. The number of nitrogens with one attached hydrogen (secondary N) is 1. The van der Waals surface area contributed by atoms with Crippen LogP contribution < -0.4 is 0 Å². The van der Waals surface area contributed by atoms with Gasteiger partial charge in [-0.05, 0) is 18.2 Å². The van der Waals surface area contributed by atoms with Gasteiger partial charge in [0.15, 0.2) is 15.7 Å². The Morgan fingerprint density at radius 2 is 2.15 bits per heavy atom. The largest absolute Gasteiger partial charge is 0.333 e. The van der Waals surface area contributed by atoms with Crippen molar-refractivity contribution in [3.8, 4) is 23.1 Å². The van der Waals surface area contributed by atoms with Gasteiger partial charge in [0.1, 0.15) is 6.33 Å². The van der Waals surface area contributed by atoms with Gasteiger partial charge in [-0.3, -0.25) is 5.10 Å². The molecule has 1 N–H and O–H groups in total. The van der Waals surface area contributed by atoms with Crippen molar-refractivity contribution in [2.75, 3.05) is 6.26 Å². The van der Waals surface area contributed by atoms with E-state index >= 15 is 0 Å². The molecule has 102 valence electrons. The topological polar surface area (TPSA) is 115 Å². The van der Waals surface area contributed by atoms with Crippen LogP contribution in [0.2, 0.25) is 0 Å². The van der Waals surface area contributed by atoms with Crippen LogP contribution in [0.3, 0.4) is 0 Å². The summed E-state index contributed by atoms with van der Waals surface area (Å²) < 4.78 is 28.1. The second kappa shape index (κ2) is 4.53. The molecular weight excluding hydrogens is 282 g/mol. The molecule has 0 fully saturated rings. The number of benzene rings is 1. The summed E-state index contributed by atoms with van der Waals surface area (Å²) in [6.45, 7) is 0. The van der Waals surface area contributed by atoms with Crippen LogP contribution in [0.4, 0.5) is 0 Å². The standard InChI is InChI=1S/C11H9N5O3S/c1-20(17,18)8-4-2-3-7(5-8)11-14-10(16-19-11)9-12-6-13-15-9/h2-6H,1H3,(H,12,13,15). The minimum Gasteiger partial charge on any atom is -0.333 e. The van der Waals surface area contributed by atoms with E-state index in [2.05, 4.69) is 25.3 Å². The lowest BCUT2D eigenvalue weighted by atomic mass is 10.2. The Kier molecular flexibility index (Phi) is 2.83. The number of rotatable bonds is 3. The SMILES string of the molecule is CS(=O)(=O)c1cccc(-c2nc(-c3ncn[nH]3)no2)c1. The quantitative estimate of drug-likeness (QED) is 0.763. The van der Waals surface area contributed by atoms with E-state index in [9.17, 15) is 8.42 Å². The Morgan fingerprint density at radius 3 is 2.85 bits per heavy atom. The fourth-order valence-corrected chi connectivity index (χ4v) is 2.28. The van der Waals surface area contributed by atoms with Gasteiger partial charge in [-0.2, -0.15) is 10.1 Å². The number of aromatic amines is 1. The summed E-state index contributed by atoms with van der Waals surface area (Å²) >= 11 is 0. The molecule has 9 heteroatoms. The maximum Gasteiger partial charge on any atom is 0.258 e. The third kappa shape index (κ3) is 2.30. The molecular formula is C11H9N5O3S. The van der Waals surface area contributed by atoms with E-state index in [1.165, 1.54) is 18.5 Å². The molecule has 1 aromatic carbocycles. The molecule has 0 spiro atoms. The molecule has 0 bridgehead atoms. The van der Waals surface area contributed by atoms with E-state index in [4.69, 9.17) is 4.52 Å². The Balaban J connectivity index is 2.02. The molecule has 2 heterocycles. The van der Waals surface area contributed by atoms with E-state index in [1.54, 1.807) is 12.1 Å². The number of aromatic nitrogens is 5. The van der Waals surface area contributed by atoms with Gasteiger partial charge in [0, 0.05) is 11.8 Å². The van der Waals surface area contributed by atoms with Crippen LogP contribution >= 0.6 is 0 Å². The lowest BCUT2D eigenvalue weighted by molar-refractivity contribution is 0.432. The zero-order valence-corrected chi connectivity index (χ0v) is 11.1. The summed E-state index contributed by atoms with van der Waals surface area (Å²) in [6, 6.07) is 6.29. The maximum atomic E-state index is 11.5. The fourth-order valence-electron chi connectivity index (χ4n) is 1.61. The first-order chi connectivity index (χ1) is 9.54. The first-order valence-electron chi connectivity index (χ1n) is 5.54. The molecule has 0 aliphatic carbocycles. The lowest BCUT2D eigenvalue weighted by Crippen LogP contribution is -1.96. The Hall–Kier alpha value is -2.55. The van der Waals surface area contributed by atoms with Gasteiger partial charge in [0.25, 0.3) is 5.89 Å². The highest BCUT2D eigenvalue weighted by Crippen LogP contribution is 2.22. The lowest BCUT2D eigenvalue weighted by Gasteiger charge is -1.99. The zero-order chi connectivity index (χ0) is 14.2. The van der Waals surface area contributed by atoms with Gasteiger partial charge in [-0.15, -0.1) is 0 Å². The molecule has 0 radical (unpaired) electrons. The molecule has 8 nitrogen and oxygen atoms in total. The molecule has 0 amide bonds. The van der Waals surface area contributed by atoms with Gasteiger partial charge in [-0.25, -0.2) is 13.4 Å². The zero-order valence-electron chi connectivity index (χ0n) is 10.3. The van der Waals surface area contributed by atoms with Crippen LogP contribution in [0.5, 0.6) is 0 Å². The van der Waals surface area contributed by atoms with Crippen molar-refractivity contribution in [3.05, 3.63) is 30.6 Å². The van der Waals surface area contributed by atoms with E-state index in [1.807, 2.05) is 0 Å². The van der Waals surface area contributed by atoms with Crippen LogP contribution in [-0.2, 0) is 9.84 Å². The molecule has 3 rings (SSSR count). The number of hydrogen-bond acceptors (Lipinski definition) is 7. The van der Waals surface area contributed by atoms with E-state index in [0.29, 0.717) is 11.4 Å². The summed E-state index contributed by atoms with van der Waals surface area (Å²) in [4.78, 5) is 8.23. The number of nitrogens with zero attached hydrogens (tertiary/aromatic N) is 4. The Bertz CT molecular complexity index is 839. The molecule has 0 atom stereocenters. The van der Waals surface area contributed by atoms with E-state index in [-0.39, 0.29) is 16.6 Å². The van der Waals surface area contributed by atoms with Crippen molar-refractivity contribution in [3.63, 3.8) is 0 Å². The number of H-pyrrole nitrogens is 1. The third-order valence-electron chi connectivity index (χ3n) is 2.56. The van der Waals surface area contributed by atoms with Gasteiger partial charge in [0.05, 0.1) is 4.90 Å². The minimum absolute atomic E-state index is 0.189. The second-order valence-corrected chi connectivity index (χ2v) is 6.07. The highest BCUT2D eigenvalue weighted by Gasteiger charge is 2.14. The summed E-state index contributed by atoms with van der Waals surface area (Å²) in [6.07, 6.45) is 2.47. The van der Waals surface area contributed by atoms with Crippen LogP contribution in [0, 0.1) is 0 Å². The molecule has 3 aromatic rings. The average Bonchev–Trinajstić information content (AvgIpc) is 3.09.